The molecule has 0 aliphatic rings. The SMILES string of the molecule is C=CCn1c(SCC(=O)Nc2cccc([N+](=O)[O-])c2)nnc1-c1csc(C)c1CC. The van der Waals surface area contributed by atoms with Gasteiger partial charge in [0.15, 0.2) is 11.0 Å². The summed E-state index contributed by atoms with van der Waals surface area (Å²) in [5, 5.41) is 24.9. The van der Waals surface area contributed by atoms with Crippen molar-refractivity contribution in [2.45, 2.75) is 32.0 Å². The number of carbonyl (C=O) groups is 1. The molecule has 3 aromatic rings. The van der Waals surface area contributed by atoms with E-state index in [2.05, 4.69) is 41.3 Å². The molecule has 0 atom stereocenters. The van der Waals surface area contributed by atoms with Crippen LogP contribution < -0.4 is 5.32 Å². The first-order valence-electron chi connectivity index (χ1n) is 9.23. The Kier molecular flexibility index (Phi) is 7.01. The molecular weight excluding hydrogens is 422 g/mol. The van der Waals surface area contributed by atoms with Gasteiger partial charge in [-0.05, 0) is 25.0 Å². The summed E-state index contributed by atoms with van der Waals surface area (Å²) in [4.78, 5) is 24.0. The molecule has 2 aromatic heterocycles. The number of non-ortho nitro benzene ring substituents is 1. The van der Waals surface area contributed by atoms with Crippen molar-refractivity contribution in [3.8, 4) is 11.4 Å². The fourth-order valence-electron chi connectivity index (χ4n) is 3.02. The second-order valence-electron chi connectivity index (χ2n) is 6.39. The summed E-state index contributed by atoms with van der Waals surface area (Å²) in [5.74, 6) is 0.579. The van der Waals surface area contributed by atoms with Crippen LogP contribution in [-0.2, 0) is 17.8 Å². The van der Waals surface area contributed by atoms with Crippen LogP contribution in [0.3, 0.4) is 0 Å². The Bertz CT molecular complexity index is 1090. The molecule has 0 saturated carbocycles. The largest absolute Gasteiger partial charge is 0.325 e. The van der Waals surface area contributed by atoms with Crippen LogP contribution in [0.5, 0.6) is 0 Å². The first kappa shape index (κ1) is 21.7. The standard InChI is InChI=1S/C20H21N5O3S2/c1-4-9-24-19(17-11-29-13(3)16(17)5-2)22-23-20(24)30-12-18(26)21-14-7-6-8-15(10-14)25(27)28/h4,6-8,10-11H,1,5,9,12H2,2-3H3,(H,21,26). The average molecular weight is 444 g/mol. The van der Waals surface area contributed by atoms with Crippen LogP contribution in [0.25, 0.3) is 11.4 Å². The molecule has 0 aliphatic heterocycles. The zero-order valence-electron chi connectivity index (χ0n) is 16.6. The number of nitrogens with one attached hydrogen (secondary N) is 1. The van der Waals surface area contributed by atoms with Crippen molar-refractivity contribution in [3.05, 3.63) is 62.9 Å². The molecule has 2 heterocycles. The van der Waals surface area contributed by atoms with E-state index in [1.807, 2.05) is 4.57 Å². The molecule has 0 unspecified atom stereocenters. The van der Waals surface area contributed by atoms with E-state index in [0.29, 0.717) is 17.4 Å². The second-order valence-corrected chi connectivity index (χ2v) is 8.41. The van der Waals surface area contributed by atoms with E-state index in [9.17, 15) is 14.9 Å². The van der Waals surface area contributed by atoms with Gasteiger partial charge in [-0.2, -0.15) is 0 Å². The number of anilines is 1. The Labute approximate surface area is 182 Å². The van der Waals surface area contributed by atoms with E-state index in [-0.39, 0.29) is 17.3 Å². The summed E-state index contributed by atoms with van der Waals surface area (Å²) >= 11 is 2.94. The highest BCUT2D eigenvalue weighted by molar-refractivity contribution is 7.99. The van der Waals surface area contributed by atoms with Crippen LogP contribution in [0, 0.1) is 17.0 Å². The second kappa shape index (κ2) is 9.68. The minimum atomic E-state index is -0.500. The normalized spacial score (nSPS) is 10.7. The average Bonchev–Trinajstić information content (AvgIpc) is 3.29. The highest BCUT2D eigenvalue weighted by Crippen LogP contribution is 2.32. The van der Waals surface area contributed by atoms with Crippen molar-refractivity contribution in [3.63, 3.8) is 0 Å². The Balaban J connectivity index is 1.74. The van der Waals surface area contributed by atoms with Crippen LogP contribution >= 0.6 is 23.1 Å². The number of amides is 1. The lowest BCUT2D eigenvalue weighted by Crippen LogP contribution is -2.14. The van der Waals surface area contributed by atoms with Crippen molar-refractivity contribution in [2.24, 2.45) is 0 Å². The van der Waals surface area contributed by atoms with Crippen molar-refractivity contribution in [2.75, 3.05) is 11.1 Å². The Hall–Kier alpha value is -2.98. The van der Waals surface area contributed by atoms with Crippen molar-refractivity contribution < 1.29 is 9.72 Å². The van der Waals surface area contributed by atoms with Crippen molar-refractivity contribution in [1.29, 1.82) is 0 Å². The Morgan fingerprint density at radius 1 is 1.43 bits per heavy atom. The predicted octanol–water partition coefficient (Wildman–Crippen LogP) is 4.70. The first-order chi connectivity index (χ1) is 14.4. The zero-order valence-corrected chi connectivity index (χ0v) is 18.3. The molecule has 0 saturated heterocycles. The Morgan fingerprint density at radius 3 is 2.93 bits per heavy atom. The van der Waals surface area contributed by atoms with Gasteiger partial charge < -0.3 is 5.32 Å². The predicted molar refractivity (Wildman–Crippen MR) is 120 cm³/mol. The zero-order chi connectivity index (χ0) is 21.7. The number of nitrogens with zero attached hydrogens (tertiary/aromatic N) is 4. The number of thiophene rings is 1. The molecule has 3 rings (SSSR count). The van der Waals surface area contributed by atoms with Gasteiger partial charge in [0.1, 0.15) is 0 Å². The number of nitro benzene ring substituents is 1. The number of benzene rings is 1. The van der Waals surface area contributed by atoms with Gasteiger partial charge in [0.2, 0.25) is 5.91 Å². The molecule has 0 bridgehead atoms. The molecule has 0 aliphatic carbocycles. The van der Waals surface area contributed by atoms with Gasteiger partial charge in [0, 0.05) is 40.2 Å². The molecule has 8 nitrogen and oxygen atoms in total. The minimum Gasteiger partial charge on any atom is -0.325 e. The number of thioether (sulfide) groups is 1. The summed E-state index contributed by atoms with van der Waals surface area (Å²) in [6.07, 6.45) is 2.67. The number of nitro groups is 1. The monoisotopic (exact) mass is 443 g/mol. The number of hydrogen-bond donors (Lipinski definition) is 1. The van der Waals surface area contributed by atoms with Gasteiger partial charge in [0.25, 0.3) is 5.69 Å². The quantitative estimate of drug-likeness (QED) is 0.222. The van der Waals surface area contributed by atoms with Gasteiger partial charge in [0.05, 0.1) is 10.7 Å². The highest BCUT2D eigenvalue weighted by Gasteiger charge is 2.19. The fourth-order valence-corrected chi connectivity index (χ4v) is 4.71. The number of aryl methyl sites for hydroxylation is 1. The highest BCUT2D eigenvalue weighted by atomic mass is 32.2. The van der Waals surface area contributed by atoms with E-state index in [1.165, 1.54) is 40.4 Å². The molecule has 1 N–H and O–H groups in total. The van der Waals surface area contributed by atoms with E-state index in [1.54, 1.807) is 23.5 Å². The van der Waals surface area contributed by atoms with Crippen molar-refractivity contribution in [1.82, 2.24) is 14.8 Å². The number of rotatable bonds is 9. The van der Waals surface area contributed by atoms with E-state index >= 15 is 0 Å². The molecular formula is C20H21N5O3S2. The molecule has 1 amide bonds. The molecule has 0 spiro atoms. The van der Waals surface area contributed by atoms with Gasteiger partial charge in [-0.3, -0.25) is 19.5 Å². The third-order valence-electron chi connectivity index (χ3n) is 4.40. The van der Waals surface area contributed by atoms with E-state index in [0.717, 1.165) is 17.8 Å². The third kappa shape index (κ3) is 4.77. The van der Waals surface area contributed by atoms with Gasteiger partial charge in [-0.25, -0.2) is 0 Å². The maximum atomic E-state index is 12.3. The fraction of sp³-hybridized carbons (Fsp3) is 0.250. The summed E-state index contributed by atoms with van der Waals surface area (Å²) in [7, 11) is 0. The maximum Gasteiger partial charge on any atom is 0.271 e. The van der Waals surface area contributed by atoms with Crippen LogP contribution in [0.4, 0.5) is 11.4 Å². The molecule has 0 radical (unpaired) electrons. The van der Waals surface area contributed by atoms with Gasteiger partial charge >= 0.3 is 0 Å². The molecule has 1 aromatic carbocycles. The summed E-state index contributed by atoms with van der Waals surface area (Å²) < 4.78 is 1.94. The lowest BCUT2D eigenvalue weighted by Gasteiger charge is -2.09. The Morgan fingerprint density at radius 2 is 2.23 bits per heavy atom. The van der Waals surface area contributed by atoms with Gasteiger partial charge in [-0.1, -0.05) is 30.8 Å². The van der Waals surface area contributed by atoms with E-state index in [4.69, 9.17) is 0 Å². The number of carbonyl (C=O) groups excluding carboxylic acids is 1. The maximum absolute atomic E-state index is 12.3. The summed E-state index contributed by atoms with van der Waals surface area (Å²) in [5.41, 5.74) is 2.61. The van der Waals surface area contributed by atoms with Crippen molar-refractivity contribution >= 4 is 40.4 Å². The van der Waals surface area contributed by atoms with Gasteiger partial charge in [-0.15, -0.1) is 28.1 Å². The third-order valence-corrected chi connectivity index (χ3v) is 6.32. The van der Waals surface area contributed by atoms with E-state index < -0.39 is 4.92 Å². The molecule has 0 fully saturated rings. The lowest BCUT2D eigenvalue weighted by molar-refractivity contribution is -0.384. The molecule has 156 valence electrons. The molecule has 10 heteroatoms. The number of hydrogen-bond acceptors (Lipinski definition) is 7. The van der Waals surface area contributed by atoms with Crippen LogP contribution in [0.1, 0.15) is 17.4 Å². The number of aromatic nitrogens is 3. The summed E-state index contributed by atoms with van der Waals surface area (Å²) in [6, 6.07) is 5.84. The number of allylic oxidation sites excluding steroid dienone is 1. The molecule has 30 heavy (non-hydrogen) atoms. The first-order valence-corrected chi connectivity index (χ1v) is 11.1. The van der Waals surface area contributed by atoms with Crippen LogP contribution in [-0.4, -0.2) is 31.3 Å². The van der Waals surface area contributed by atoms with Crippen LogP contribution in [0.15, 0.2) is 47.5 Å². The summed E-state index contributed by atoms with van der Waals surface area (Å²) in [6.45, 7) is 8.54. The van der Waals surface area contributed by atoms with Crippen LogP contribution in [0.2, 0.25) is 0 Å². The minimum absolute atomic E-state index is 0.0754. The topological polar surface area (TPSA) is 103 Å². The smallest absolute Gasteiger partial charge is 0.271 e. The lowest BCUT2D eigenvalue weighted by atomic mass is 10.1.